The Kier molecular flexibility index (Phi) is 4.64. The Morgan fingerprint density at radius 3 is 2.83 bits per heavy atom. The van der Waals surface area contributed by atoms with Crippen LogP contribution in [0.25, 0.3) is 0 Å². The Hall–Kier alpha value is -2.37. The Bertz CT molecular complexity index is 1070. The zero-order valence-electron chi connectivity index (χ0n) is 16.7. The van der Waals surface area contributed by atoms with Crippen molar-refractivity contribution in [3.63, 3.8) is 0 Å². The second-order valence-corrected chi connectivity index (χ2v) is 8.79. The number of carbonyl (C=O) groups excluding carboxylic acids is 1. The van der Waals surface area contributed by atoms with E-state index in [1.165, 1.54) is 11.6 Å². The van der Waals surface area contributed by atoms with Crippen molar-refractivity contribution in [3.8, 4) is 11.5 Å². The molecule has 0 radical (unpaired) electrons. The van der Waals surface area contributed by atoms with E-state index in [2.05, 4.69) is 24.1 Å². The SMILES string of the molecule is COc1ccc2c3c1OC1C[C@@H](OC(=O)c4ccc(Cl)c(Cl)c4)C=C[C@@]31CCN2C. The summed E-state index contributed by atoms with van der Waals surface area (Å²) in [6.07, 6.45) is 5.16. The van der Waals surface area contributed by atoms with Crippen LogP contribution in [0, 0.1) is 0 Å². The van der Waals surface area contributed by atoms with Crippen LogP contribution in [-0.2, 0) is 10.2 Å². The monoisotopic (exact) mass is 445 g/mol. The quantitative estimate of drug-likeness (QED) is 0.489. The summed E-state index contributed by atoms with van der Waals surface area (Å²) in [6, 6.07) is 8.77. The number of methoxy groups -OCH3 is 1. The van der Waals surface area contributed by atoms with Gasteiger partial charge >= 0.3 is 5.97 Å². The van der Waals surface area contributed by atoms with Gasteiger partial charge in [0.25, 0.3) is 0 Å². The topological polar surface area (TPSA) is 48.0 Å². The lowest BCUT2D eigenvalue weighted by molar-refractivity contribution is 0.0221. The highest BCUT2D eigenvalue weighted by Gasteiger charge is 2.54. The smallest absolute Gasteiger partial charge is 0.338 e. The Balaban J connectivity index is 1.44. The van der Waals surface area contributed by atoms with E-state index in [0.29, 0.717) is 22.0 Å². The number of rotatable bonds is 3. The number of halogens is 2. The van der Waals surface area contributed by atoms with Gasteiger partial charge in [0.2, 0.25) is 0 Å². The summed E-state index contributed by atoms with van der Waals surface area (Å²) in [7, 11) is 3.75. The number of esters is 1. The molecule has 7 heteroatoms. The van der Waals surface area contributed by atoms with E-state index in [1.807, 2.05) is 12.1 Å². The predicted molar refractivity (Wildman–Crippen MR) is 116 cm³/mol. The van der Waals surface area contributed by atoms with Gasteiger partial charge in [-0.05, 0) is 42.8 Å². The summed E-state index contributed by atoms with van der Waals surface area (Å²) in [5.41, 5.74) is 2.48. The molecule has 0 saturated heterocycles. The van der Waals surface area contributed by atoms with Crippen molar-refractivity contribution in [2.75, 3.05) is 25.6 Å². The summed E-state index contributed by atoms with van der Waals surface area (Å²) < 4.78 is 17.7. The third kappa shape index (κ3) is 2.87. The van der Waals surface area contributed by atoms with Crippen molar-refractivity contribution in [2.45, 2.75) is 30.5 Å². The molecule has 156 valence electrons. The van der Waals surface area contributed by atoms with Crippen LogP contribution in [0.5, 0.6) is 11.5 Å². The fraction of sp³-hybridized carbons (Fsp3) is 0.348. The van der Waals surface area contributed by atoms with Gasteiger partial charge in [-0.3, -0.25) is 0 Å². The van der Waals surface area contributed by atoms with Gasteiger partial charge in [-0.15, -0.1) is 0 Å². The first kappa shape index (κ1) is 19.6. The van der Waals surface area contributed by atoms with Crippen LogP contribution in [0.1, 0.15) is 28.8 Å². The van der Waals surface area contributed by atoms with E-state index in [1.54, 1.807) is 19.2 Å². The zero-order chi connectivity index (χ0) is 21.0. The lowest BCUT2D eigenvalue weighted by Crippen LogP contribution is -2.47. The van der Waals surface area contributed by atoms with Gasteiger partial charge in [0.1, 0.15) is 12.2 Å². The number of hydrogen-bond acceptors (Lipinski definition) is 5. The van der Waals surface area contributed by atoms with Crippen LogP contribution in [0.15, 0.2) is 42.5 Å². The van der Waals surface area contributed by atoms with E-state index in [0.717, 1.165) is 30.2 Å². The number of anilines is 1. The van der Waals surface area contributed by atoms with Gasteiger partial charge in [-0.25, -0.2) is 4.79 Å². The molecule has 0 N–H and O–H groups in total. The second-order valence-electron chi connectivity index (χ2n) is 7.98. The third-order valence-electron chi connectivity index (χ3n) is 6.36. The highest BCUT2D eigenvalue weighted by molar-refractivity contribution is 6.42. The summed E-state index contributed by atoms with van der Waals surface area (Å²) in [4.78, 5) is 14.9. The number of nitrogens with zero attached hydrogens (tertiary/aromatic N) is 1. The van der Waals surface area contributed by atoms with Gasteiger partial charge in [-0.1, -0.05) is 29.3 Å². The molecule has 2 aromatic carbocycles. The molecule has 0 bridgehead atoms. The first-order valence-electron chi connectivity index (χ1n) is 9.87. The van der Waals surface area contributed by atoms with Gasteiger partial charge in [-0.2, -0.15) is 0 Å². The molecule has 3 aliphatic rings. The minimum absolute atomic E-state index is 0.118. The molecule has 0 saturated carbocycles. The molecule has 30 heavy (non-hydrogen) atoms. The van der Waals surface area contributed by atoms with Crippen molar-refractivity contribution in [2.24, 2.45) is 0 Å². The first-order valence-corrected chi connectivity index (χ1v) is 10.6. The van der Waals surface area contributed by atoms with Crippen LogP contribution in [-0.4, -0.2) is 38.9 Å². The minimum Gasteiger partial charge on any atom is -0.493 e. The Morgan fingerprint density at radius 2 is 2.07 bits per heavy atom. The van der Waals surface area contributed by atoms with Crippen molar-refractivity contribution in [1.29, 1.82) is 0 Å². The molecular weight excluding hydrogens is 425 g/mol. The third-order valence-corrected chi connectivity index (χ3v) is 7.10. The molecule has 2 aromatic rings. The molecule has 2 aliphatic heterocycles. The molecule has 1 spiro atoms. The van der Waals surface area contributed by atoms with Crippen LogP contribution >= 0.6 is 23.2 Å². The molecule has 1 aliphatic carbocycles. The Labute approximate surface area is 185 Å². The molecule has 0 amide bonds. The average Bonchev–Trinajstić information content (AvgIpc) is 3.08. The molecule has 1 unspecified atom stereocenters. The van der Waals surface area contributed by atoms with E-state index in [9.17, 15) is 4.79 Å². The summed E-state index contributed by atoms with van der Waals surface area (Å²) in [6.45, 7) is 0.927. The number of benzene rings is 2. The maximum atomic E-state index is 12.6. The van der Waals surface area contributed by atoms with Gasteiger partial charge in [0.15, 0.2) is 11.5 Å². The van der Waals surface area contributed by atoms with Crippen molar-refractivity contribution in [1.82, 2.24) is 0 Å². The molecular formula is C23H21Cl2NO4. The second kappa shape index (κ2) is 7.10. The lowest BCUT2D eigenvalue weighted by Gasteiger charge is -2.42. The van der Waals surface area contributed by atoms with Crippen LogP contribution in [0.3, 0.4) is 0 Å². The number of ether oxygens (including phenoxy) is 3. The summed E-state index contributed by atoms with van der Waals surface area (Å²) >= 11 is 12.0. The molecule has 0 aromatic heterocycles. The van der Waals surface area contributed by atoms with Gasteiger partial charge < -0.3 is 19.1 Å². The normalized spacial score (nSPS) is 25.9. The molecule has 5 nitrogen and oxygen atoms in total. The van der Waals surface area contributed by atoms with Gasteiger partial charge in [0.05, 0.1) is 28.1 Å². The largest absolute Gasteiger partial charge is 0.493 e. The average molecular weight is 446 g/mol. The van der Waals surface area contributed by atoms with Crippen LogP contribution in [0.4, 0.5) is 5.69 Å². The number of hydrogen-bond donors (Lipinski definition) is 0. The highest BCUT2D eigenvalue weighted by Crippen LogP contribution is 2.58. The van der Waals surface area contributed by atoms with Crippen molar-refractivity contribution < 1.29 is 19.0 Å². The van der Waals surface area contributed by atoms with Gasteiger partial charge in [0, 0.05) is 31.3 Å². The maximum absolute atomic E-state index is 12.6. The van der Waals surface area contributed by atoms with Crippen LogP contribution < -0.4 is 14.4 Å². The predicted octanol–water partition coefficient (Wildman–Crippen LogP) is 5.03. The molecule has 3 atom stereocenters. The van der Waals surface area contributed by atoms with Crippen molar-refractivity contribution in [3.05, 3.63) is 63.7 Å². The summed E-state index contributed by atoms with van der Waals surface area (Å²) in [5.74, 6) is 1.10. The fourth-order valence-electron chi connectivity index (χ4n) is 4.78. The lowest BCUT2D eigenvalue weighted by atomic mass is 9.67. The standard InChI is InChI=1S/C23H21Cl2NO4/c1-26-10-9-23-8-7-14(29-22(27)13-3-4-15(24)16(25)11-13)12-19(23)30-21-18(28-2)6-5-17(26)20(21)23/h3-8,11,14,19H,9-10,12H2,1-2H3/t14-,19?,23-/m0/s1. The van der Waals surface area contributed by atoms with Crippen molar-refractivity contribution >= 4 is 34.9 Å². The Morgan fingerprint density at radius 1 is 1.23 bits per heavy atom. The molecule has 0 fully saturated rings. The van der Waals surface area contributed by atoms with E-state index in [4.69, 9.17) is 37.4 Å². The zero-order valence-corrected chi connectivity index (χ0v) is 18.2. The first-order chi connectivity index (χ1) is 14.4. The van der Waals surface area contributed by atoms with E-state index in [-0.39, 0.29) is 17.6 Å². The van der Waals surface area contributed by atoms with Crippen LogP contribution in [0.2, 0.25) is 10.0 Å². The minimum atomic E-state index is -0.434. The molecule has 2 heterocycles. The fourth-order valence-corrected chi connectivity index (χ4v) is 5.08. The summed E-state index contributed by atoms with van der Waals surface area (Å²) in [5, 5.41) is 0.724. The molecule has 5 rings (SSSR count). The highest BCUT2D eigenvalue weighted by atomic mass is 35.5. The van der Waals surface area contributed by atoms with E-state index < -0.39 is 5.97 Å². The number of carbonyl (C=O) groups is 1. The maximum Gasteiger partial charge on any atom is 0.338 e. The van der Waals surface area contributed by atoms with E-state index >= 15 is 0 Å².